The molecule has 2 nitrogen and oxygen atoms in total. The first-order chi connectivity index (χ1) is 11.2. The van der Waals surface area contributed by atoms with Gasteiger partial charge in [0.25, 0.3) is 0 Å². The predicted molar refractivity (Wildman–Crippen MR) is 103 cm³/mol. The zero-order chi connectivity index (χ0) is 16.1. The minimum Gasteiger partial charge on any atom is -0.383 e. The SMILES string of the molecule is COC[C@@H]1CCCN1CP(=S)(c1ccccc1)c1ccccc1. The van der Waals surface area contributed by atoms with E-state index in [9.17, 15) is 0 Å². The van der Waals surface area contributed by atoms with E-state index in [1.165, 1.54) is 23.5 Å². The first-order valence-corrected chi connectivity index (χ1v) is 11.2. The molecule has 0 N–H and O–H groups in total. The zero-order valence-electron chi connectivity index (χ0n) is 13.6. The molecule has 1 heterocycles. The third-order valence-corrected chi connectivity index (χ3v) is 9.22. The number of benzene rings is 2. The van der Waals surface area contributed by atoms with E-state index in [4.69, 9.17) is 16.5 Å². The molecular formula is C19H24NOPS. The second kappa shape index (κ2) is 7.72. The zero-order valence-corrected chi connectivity index (χ0v) is 15.3. The highest BCUT2D eigenvalue weighted by atomic mass is 32.4. The Bertz CT molecular complexity index is 618. The predicted octanol–water partition coefficient (Wildman–Crippen LogP) is 3.19. The maximum Gasteiger partial charge on any atom is 0.0618 e. The molecule has 0 amide bonds. The average molecular weight is 345 g/mol. The summed E-state index contributed by atoms with van der Waals surface area (Å²) in [6, 6.07) is 20.1. The Morgan fingerprint density at radius 3 is 2.13 bits per heavy atom. The molecule has 1 fully saturated rings. The van der Waals surface area contributed by atoms with E-state index in [1.54, 1.807) is 7.11 Å². The lowest BCUT2D eigenvalue weighted by molar-refractivity contribution is 0.126. The molecule has 0 aliphatic carbocycles. The third kappa shape index (κ3) is 3.75. The van der Waals surface area contributed by atoms with Crippen molar-refractivity contribution < 1.29 is 4.74 Å². The van der Waals surface area contributed by atoms with Crippen LogP contribution < -0.4 is 10.6 Å². The molecule has 0 bridgehead atoms. The summed E-state index contributed by atoms with van der Waals surface area (Å²) >= 11 is 6.34. The van der Waals surface area contributed by atoms with Gasteiger partial charge in [0.2, 0.25) is 0 Å². The fraction of sp³-hybridized carbons (Fsp3) is 0.368. The van der Waals surface area contributed by atoms with Crippen LogP contribution in [0.15, 0.2) is 60.7 Å². The fourth-order valence-electron chi connectivity index (χ4n) is 3.37. The molecule has 1 saturated heterocycles. The average Bonchev–Trinajstić information content (AvgIpc) is 3.03. The van der Waals surface area contributed by atoms with Crippen LogP contribution in [0.25, 0.3) is 0 Å². The normalized spacial score (nSPS) is 19.1. The lowest BCUT2D eigenvalue weighted by atomic mass is 10.2. The van der Waals surface area contributed by atoms with Crippen molar-refractivity contribution in [3.05, 3.63) is 60.7 Å². The van der Waals surface area contributed by atoms with E-state index < -0.39 is 6.04 Å². The van der Waals surface area contributed by atoms with E-state index in [0.29, 0.717) is 6.04 Å². The standard InChI is InChI=1S/C19H24NOPS/c1-21-15-17-9-8-14-20(17)16-22(23,18-10-4-2-5-11-18)19-12-6-3-7-13-19/h2-7,10-13,17H,8-9,14-16H2,1H3/t17-/m0/s1. The van der Waals surface area contributed by atoms with Crippen molar-refractivity contribution in [2.45, 2.75) is 18.9 Å². The van der Waals surface area contributed by atoms with Crippen LogP contribution in [0.1, 0.15) is 12.8 Å². The molecule has 4 heteroatoms. The van der Waals surface area contributed by atoms with Crippen molar-refractivity contribution in [1.29, 1.82) is 0 Å². The summed E-state index contributed by atoms with van der Waals surface area (Å²) < 4.78 is 5.42. The molecule has 1 atom stereocenters. The number of nitrogens with zero attached hydrogens (tertiary/aromatic N) is 1. The Morgan fingerprint density at radius 1 is 1.04 bits per heavy atom. The summed E-state index contributed by atoms with van der Waals surface area (Å²) in [5.74, 6) is 0. The van der Waals surface area contributed by atoms with Crippen molar-refractivity contribution in [2.24, 2.45) is 0 Å². The van der Waals surface area contributed by atoms with Gasteiger partial charge in [-0.1, -0.05) is 72.5 Å². The Balaban J connectivity index is 1.95. The maximum absolute atomic E-state index is 6.34. The van der Waals surface area contributed by atoms with Crippen LogP contribution in [0.2, 0.25) is 0 Å². The van der Waals surface area contributed by atoms with Gasteiger partial charge in [-0.25, -0.2) is 0 Å². The molecular weight excluding hydrogens is 321 g/mol. The smallest absolute Gasteiger partial charge is 0.0618 e. The summed E-state index contributed by atoms with van der Waals surface area (Å²) in [5.41, 5.74) is 0. The van der Waals surface area contributed by atoms with Gasteiger partial charge in [-0.3, -0.25) is 4.90 Å². The lowest BCUT2D eigenvalue weighted by Gasteiger charge is -2.32. The topological polar surface area (TPSA) is 12.5 Å². The Labute approximate surface area is 144 Å². The monoisotopic (exact) mass is 345 g/mol. The van der Waals surface area contributed by atoms with Gasteiger partial charge in [0.1, 0.15) is 0 Å². The maximum atomic E-state index is 6.34. The van der Waals surface area contributed by atoms with Crippen LogP contribution in [0.5, 0.6) is 0 Å². The second-order valence-electron chi connectivity index (χ2n) is 6.12. The number of hydrogen-bond acceptors (Lipinski definition) is 3. The van der Waals surface area contributed by atoms with Gasteiger partial charge in [-0.05, 0) is 30.0 Å². The summed E-state index contributed by atoms with van der Waals surface area (Å²) in [6.45, 7) is 1.94. The van der Waals surface area contributed by atoms with Crippen molar-refractivity contribution in [1.82, 2.24) is 4.90 Å². The molecule has 1 aliphatic rings. The highest BCUT2D eigenvalue weighted by molar-refractivity contribution is 8.21. The largest absolute Gasteiger partial charge is 0.383 e. The van der Waals surface area contributed by atoms with Gasteiger partial charge in [-0.2, -0.15) is 0 Å². The molecule has 0 aromatic heterocycles. The highest BCUT2D eigenvalue weighted by Crippen LogP contribution is 2.45. The minimum absolute atomic E-state index is 0.509. The van der Waals surface area contributed by atoms with E-state index in [-0.39, 0.29) is 0 Å². The molecule has 1 aliphatic heterocycles. The quantitative estimate of drug-likeness (QED) is 0.746. The van der Waals surface area contributed by atoms with E-state index in [1.807, 2.05) is 0 Å². The number of methoxy groups -OCH3 is 1. The lowest BCUT2D eigenvalue weighted by Crippen LogP contribution is -2.36. The van der Waals surface area contributed by atoms with Crippen LogP contribution in [0.4, 0.5) is 0 Å². The van der Waals surface area contributed by atoms with Crippen molar-refractivity contribution in [3.8, 4) is 0 Å². The number of likely N-dealkylation sites (tertiary alicyclic amines) is 1. The second-order valence-corrected chi connectivity index (χ2v) is 10.8. The van der Waals surface area contributed by atoms with Gasteiger partial charge in [0.15, 0.2) is 0 Å². The van der Waals surface area contributed by atoms with Crippen LogP contribution in [0, 0.1) is 0 Å². The van der Waals surface area contributed by atoms with Crippen molar-refractivity contribution in [3.63, 3.8) is 0 Å². The van der Waals surface area contributed by atoms with Crippen LogP contribution in [-0.4, -0.2) is 37.5 Å². The fourth-order valence-corrected chi connectivity index (χ4v) is 7.36. The Hall–Kier alpha value is -0.990. The van der Waals surface area contributed by atoms with E-state index in [2.05, 4.69) is 65.6 Å². The number of ether oxygens (including phenoxy) is 1. The summed E-state index contributed by atoms with van der Waals surface area (Å²) in [4.78, 5) is 2.56. The van der Waals surface area contributed by atoms with Gasteiger partial charge in [-0.15, -0.1) is 0 Å². The first-order valence-electron chi connectivity index (χ1n) is 8.17. The summed E-state index contributed by atoms with van der Waals surface area (Å²) in [6.07, 6.45) is 3.42. The van der Waals surface area contributed by atoms with Gasteiger partial charge < -0.3 is 4.74 Å². The molecule has 0 radical (unpaired) electrons. The molecule has 0 saturated carbocycles. The van der Waals surface area contributed by atoms with Gasteiger partial charge in [0.05, 0.1) is 6.61 Å². The van der Waals surface area contributed by atoms with Crippen molar-refractivity contribution in [2.75, 3.05) is 26.5 Å². The van der Waals surface area contributed by atoms with Crippen LogP contribution >= 0.6 is 6.04 Å². The molecule has 2 aromatic carbocycles. The first kappa shape index (κ1) is 16.9. The van der Waals surface area contributed by atoms with Crippen LogP contribution in [-0.2, 0) is 16.5 Å². The Morgan fingerprint density at radius 2 is 1.61 bits per heavy atom. The molecule has 122 valence electrons. The highest BCUT2D eigenvalue weighted by Gasteiger charge is 2.31. The molecule has 3 rings (SSSR count). The van der Waals surface area contributed by atoms with Gasteiger partial charge in [0, 0.05) is 25.5 Å². The molecule has 0 spiro atoms. The van der Waals surface area contributed by atoms with E-state index >= 15 is 0 Å². The van der Waals surface area contributed by atoms with Crippen molar-refractivity contribution >= 4 is 28.5 Å². The molecule has 23 heavy (non-hydrogen) atoms. The van der Waals surface area contributed by atoms with Crippen LogP contribution in [0.3, 0.4) is 0 Å². The van der Waals surface area contributed by atoms with E-state index in [0.717, 1.165) is 19.4 Å². The number of rotatable bonds is 6. The minimum atomic E-state index is -1.83. The van der Waals surface area contributed by atoms with Gasteiger partial charge >= 0.3 is 0 Å². The third-order valence-electron chi connectivity index (χ3n) is 4.59. The number of hydrogen-bond donors (Lipinski definition) is 0. The summed E-state index contributed by atoms with van der Waals surface area (Å²) in [5, 5.41) is 2.62. The molecule has 2 aromatic rings. The molecule has 0 unspecified atom stereocenters. The summed E-state index contributed by atoms with van der Waals surface area (Å²) in [7, 11) is 1.79. The Kier molecular flexibility index (Phi) is 5.66.